The van der Waals surface area contributed by atoms with E-state index in [1.54, 1.807) is 0 Å². The summed E-state index contributed by atoms with van der Waals surface area (Å²) < 4.78 is 38.1. The molecule has 2 N–H and O–H groups in total. The van der Waals surface area contributed by atoms with Gasteiger partial charge in [-0.2, -0.15) is 18.3 Å². The van der Waals surface area contributed by atoms with Crippen LogP contribution < -0.4 is 5.46 Å². The highest BCUT2D eigenvalue weighted by molar-refractivity contribution is 6.58. The zero-order chi connectivity index (χ0) is 13.3. The third-order valence-corrected chi connectivity index (χ3v) is 2.34. The molecule has 94 valence electrons. The van der Waals surface area contributed by atoms with E-state index in [1.165, 1.54) is 30.5 Å². The van der Waals surface area contributed by atoms with Crippen molar-refractivity contribution in [1.29, 1.82) is 0 Å². The van der Waals surface area contributed by atoms with Crippen molar-refractivity contribution in [3.05, 3.63) is 42.2 Å². The van der Waals surface area contributed by atoms with Gasteiger partial charge in [-0.05, 0) is 23.7 Å². The summed E-state index contributed by atoms with van der Waals surface area (Å²) >= 11 is 0. The maximum Gasteiger partial charge on any atom is 0.488 e. The van der Waals surface area contributed by atoms with E-state index in [1.807, 2.05) is 0 Å². The van der Waals surface area contributed by atoms with E-state index in [4.69, 9.17) is 10.0 Å². The van der Waals surface area contributed by atoms with Crippen LogP contribution in [0.1, 0.15) is 5.69 Å². The fraction of sp³-hybridized carbons (Fsp3) is 0.100. The summed E-state index contributed by atoms with van der Waals surface area (Å²) in [6, 6.07) is 6.56. The molecule has 0 aliphatic rings. The Morgan fingerprint density at radius 2 is 1.67 bits per heavy atom. The van der Waals surface area contributed by atoms with Gasteiger partial charge in [-0.1, -0.05) is 12.1 Å². The molecule has 0 unspecified atom stereocenters. The van der Waals surface area contributed by atoms with Crippen LogP contribution >= 0.6 is 0 Å². The Morgan fingerprint density at radius 1 is 1.06 bits per heavy atom. The maximum absolute atomic E-state index is 12.3. The van der Waals surface area contributed by atoms with Crippen LogP contribution in [-0.2, 0) is 6.18 Å². The molecule has 18 heavy (non-hydrogen) atoms. The van der Waals surface area contributed by atoms with Crippen molar-refractivity contribution in [2.24, 2.45) is 0 Å². The lowest BCUT2D eigenvalue weighted by atomic mass is 9.80. The Kier molecular flexibility index (Phi) is 3.14. The molecule has 1 heterocycles. The number of halogens is 3. The summed E-state index contributed by atoms with van der Waals surface area (Å²) in [4.78, 5) is 0. The Labute approximate surface area is 100 Å². The molecule has 0 saturated carbocycles. The molecule has 0 aliphatic heterocycles. The topological polar surface area (TPSA) is 58.3 Å². The first-order chi connectivity index (χ1) is 8.38. The van der Waals surface area contributed by atoms with E-state index in [9.17, 15) is 13.2 Å². The predicted octanol–water partition coefficient (Wildman–Crippen LogP) is 0.571. The predicted molar refractivity (Wildman–Crippen MR) is 58.4 cm³/mol. The van der Waals surface area contributed by atoms with Crippen LogP contribution in [-0.4, -0.2) is 26.9 Å². The minimum atomic E-state index is -4.48. The smallest absolute Gasteiger partial charge is 0.423 e. The van der Waals surface area contributed by atoms with Crippen LogP contribution in [0, 0.1) is 0 Å². The normalized spacial score (nSPS) is 11.6. The van der Waals surface area contributed by atoms with Crippen molar-refractivity contribution in [1.82, 2.24) is 9.78 Å². The molecule has 0 aliphatic carbocycles. The van der Waals surface area contributed by atoms with E-state index >= 15 is 0 Å². The van der Waals surface area contributed by atoms with Crippen LogP contribution in [0.25, 0.3) is 5.69 Å². The third-order valence-electron chi connectivity index (χ3n) is 2.34. The Bertz CT molecular complexity index is 537. The molecule has 1 aromatic heterocycles. The highest BCUT2D eigenvalue weighted by Crippen LogP contribution is 2.27. The van der Waals surface area contributed by atoms with Crippen molar-refractivity contribution < 1.29 is 23.2 Å². The molecule has 4 nitrogen and oxygen atoms in total. The molecule has 1 aromatic carbocycles. The highest BCUT2D eigenvalue weighted by atomic mass is 19.4. The molecule has 0 saturated heterocycles. The van der Waals surface area contributed by atoms with Gasteiger partial charge in [0.2, 0.25) is 0 Å². The first kappa shape index (κ1) is 12.7. The maximum atomic E-state index is 12.3. The third kappa shape index (κ3) is 2.54. The first-order valence-electron chi connectivity index (χ1n) is 4.97. The van der Waals surface area contributed by atoms with Gasteiger partial charge in [-0.25, -0.2) is 4.68 Å². The van der Waals surface area contributed by atoms with Crippen molar-refractivity contribution in [3.8, 4) is 5.69 Å². The minimum absolute atomic E-state index is 0.252. The van der Waals surface area contributed by atoms with Crippen LogP contribution in [0.2, 0.25) is 0 Å². The van der Waals surface area contributed by atoms with Gasteiger partial charge >= 0.3 is 13.3 Å². The monoisotopic (exact) mass is 256 g/mol. The average Bonchev–Trinajstić information content (AvgIpc) is 2.78. The minimum Gasteiger partial charge on any atom is -0.423 e. The summed E-state index contributed by atoms with van der Waals surface area (Å²) in [7, 11) is -1.61. The van der Waals surface area contributed by atoms with Crippen molar-refractivity contribution in [3.63, 3.8) is 0 Å². The second kappa shape index (κ2) is 4.47. The number of aromatic nitrogens is 2. The number of hydrogen-bond acceptors (Lipinski definition) is 3. The van der Waals surface area contributed by atoms with E-state index in [0.29, 0.717) is 5.69 Å². The van der Waals surface area contributed by atoms with Crippen molar-refractivity contribution in [2.45, 2.75) is 6.18 Å². The molecule has 0 atom stereocenters. The van der Waals surface area contributed by atoms with E-state index in [0.717, 1.165) is 10.7 Å². The summed E-state index contributed by atoms with van der Waals surface area (Å²) in [5.41, 5.74) is -0.328. The summed E-state index contributed by atoms with van der Waals surface area (Å²) in [5.74, 6) is 0. The van der Waals surface area contributed by atoms with Gasteiger partial charge in [0.25, 0.3) is 0 Å². The molecule has 0 amide bonds. The van der Waals surface area contributed by atoms with E-state index in [2.05, 4.69) is 5.10 Å². The molecule has 0 bridgehead atoms. The number of hydrogen-bond donors (Lipinski definition) is 2. The van der Waals surface area contributed by atoms with Gasteiger partial charge in [0, 0.05) is 6.20 Å². The highest BCUT2D eigenvalue weighted by Gasteiger charge is 2.33. The Hall–Kier alpha value is -1.80. The summed E-state index contributed by atoms with van der Waals surface area (Å²) in [5, 5.41) is 21.2. The van der Waals surface area contributed by atoms with Gasteiger partial charge < -0.3 is 10.0 Å². The van der Waals surface area contributed by atoms with E-state index in [-0.39, 0.29) is 5.46 Å². The zero-order valence-electron chi connectivity index (χ0n) is 8.96. The van der Waals surface area contributed by atoms with Crippen molar-refractivity contribution in [2.75, 3.05) is 0 Å². The molecule has 8 heteroatoms. The molecule has 0 spiro atoms. The average molecular weight is 256 g/mol. The van der Waals surface area contributed by atoms with Crippen molar-refractivity contribution >= 4 is 12.6 Å². The standard InChI is InChI=1S/C10H8BF3N2O2/c12-10(13,14)9-5-6-16(15-9)8-3-1-7(2-4-8)11(17)18/h1-6,17-18H. The number of rotatable bonds is 2. The first-order valence-corrected chi connectivity index (χ1v) is 4.97. The lowest BCUT2D eigenvalue weighted by molar-refractivity contribution is -0.141. The second-order valence-electron chi connectivity index (χ2n) is 3.61. The molecular formula is C10H8BF3N2O2. The fourth-order valence-electron chi connectivity index (χ4n) is 1.42. The van der Waals surface area contributed by atoms with Crippen LogP contribution in [0.5, 0.6) is 0 Å². The van der Waals surface area contributed by atoms with Crippen LogP contribution in [0.4, 0.5) is 13.2 Å². The van der Waals surface area contributed by atoms with Gasteiger partial charge in [-0.3, -0.25) is 0 Å². The SMILES string of the molecule is OB(O)c1ccc(-n2ccc(C(F)(F)F)n2)cc1. The van der Waals surface area contributed by atoms with Gasteiger partial charge in [-0.15, -0.1) is 0 Å². The second-order valence-corrected chi connectivity index (χ2v) is 3.61. The van der Waals surface area contributed by atoms with E-state index < -0.39 is 19.0 Å². The number of nitrogens with zero attached hydrogens (tertiary/aromatic N) is 2. The van der Waals surface area contributed by atoms with Gasteiger partial charge in [0.15, 0.2) is 5.69 Å². The van der Waals surface area contributed by atoms with Crippen LogP contribution in [0.3, 0.4) is 0 Å². The Morgan fingerprint density at radius 3 is 2.11 bits per heavy atom. The molecular weight excluding hydrogens is 248 g/mol. The van der Waals surface area contributed by atoms with Gasteiger partial charge in [0.05, 0.1) is 5.69 Å². The zero-order valence-corrected chi connectivity index (χ0v) is 8.96. The molecule has 2 aromatic rings. The van der Waals surface area contributed by atoms with Gasteiger partial charge in [0.1, 0.15) is 0 Å². The molecule has 0 radical (unpaired) electrons. The lowest BCUT2D eigenvalue weighted by Gasteiger charge is -2.04. The largest absolute Gasteiger partial charge is 0.488 e. The molecule has 0 fully saturated rings. The Balaban J connectivity index is 2.29. The quantitative estimate of drug-likeness (QED) is 0.772. The van der Waals surface area contributed by atoms with Crippen LogP contribution in [0.15, 0.2) is 36.5 Å². The summed E-state index contributed by atoms with van der Waals surface area (Å²) in [6.45, 7) is 0. The fourth-order valence-corrected chi connectivity index (χ4v) is 1.42. The lowest BCUT2D eigenvalue weighted by Crippen LogP contribution is -2.29. The number of benzene rings is 1. The summed E-state index contributed by atoms with van der Waals surface area (Å²) in [6.07, 6.45) is -3.29. The number of alkyl halides is 3. The molecule has 2 rings (SSSR count).